The lowest BCUT2D eigenvalue weighted by Crippen LogP contribution is -2.02. The molecule has 3 aromatic rings. The van der Waals surface area contributed by atoms with E-state index in [1.165, 1.54) is 37.1 Å². The average Bonchev–Trinajstić information content (AvgIpc) is 3.01. The number of fused-ring (bicyclic) bond motifs is 1. The van der Waals surface area contributed by atoms with Crippen molar-refractivity contribution in [3.05, 3.63) is 41.2 Å². The third-order valence-electron chi connectivity index (χ3n) is 3.13. The maximum absolute atomic E-state index is 13.9. The van der Waals surface area contributed by atoms with Gasteiger partial charge in [0.2, 0.25) is 5.65 Å². The van der Waals surface area contributed by atoms with Crippen molar-refractivity contribution < 1.29 is 13.9 Å². The number of carbonyl (C=O) groups excluding carboxylic acids is 1. The van der Waals surface area contributed by atoms with Gasteiger partial charge in [0.25, 0.3) is 0 Å². The normalized spacial score (nSPS) is 10.9. The molecule has 0 aliphatic carbocycles. The molecule has 0 aliphatic rings. The number of carbonyl (C=O) groups is 1. The summed E-state index contributed by atoms with van der Waals surface area (Å²) in [5.41, 5.74) is 7.36. The average molecular weight is 333 g/mol. The van der Waals surface area contributed by atoms with Gasteiger partial charge in [-0.1, -0.05) is 0 Å². The number of anilines is 1. The number of hydrogen-bond acceptors (Lipinski definition) is 7. The molecule has 0 spiro atoms. The standard InChI is InChI=1S/C14H12FN5O2S/c1-22-14(21)7-2-3-9(15)8(4-7)6-23-10-5-11(16)17-13-12(10)18-20-19-13/h2-5H,6H2,1H3,(H3,16,17,18,19,20). The van der Waals surface area contributed by atoms with Crippen molar-refractivity contribution in [2.45, 2.75) is 10.6 Å². The van der Waals surface area contributed by atoms with E-state index in [0.717, 1.165) is 4.90 Å². The molecule has 0 bridgehead atoms. The summed E-state index contributed by atoms with van der Waals surface area (Å²) < 4.78 is 18.6. The number of benzene rings is 1. The molecule has 23 heavy (non-hydrogen) atoms. The fourth-order valence-corrected chi connectivity index (χ4v) is 3.03. The number of nitrogens with one attached hydrogen (secondary N) is 1. The molecule has 0 fully saturated rings. The highest BCUT2D eigenvalue weighted by Crippen LogP contribution is 2.30. The summed E-state index contributed by atoms with van der Waals surface area (Å²) in [4.78, 5) is 16.3. The second-order valence-electron chi connectivity index (χ2n) is 4.63. The van der Waals surface area contributed by atoms with E-state index < -0.39 is 11.8 Å². The molecular weight excluding hydrogens is 321 g/mol. The van der Waals surface area contributed by atoms with Crippen molar-refractivity contribution >= 4 is 34.7 Å². The summed E-state index contributed by atoms with van der Waals surface area (Å²) in [6.45, 7) is 0. The summed E-state index contributed by atoms with van der Waals surface area (Å²) >= 11 is 1.33. The van der Waals surface area contributed by atoms with Crippen LogP contribution in [0.2, 0.25) is 0 Å². The lowest BCUT2D eigenvalue weighted by atomic mass is 10.1. The van der Waals surface area contributed by atoms with Crippen LogP contribution in [0.25, 0.3) is 11.2 Å². The fourth-order valence-electron chi connectivity index (χ4n) is 2.02. The predicted molar refractivity (Wildman–Crippen MR) is 83.4 cm³/mol. The Morgan fingerprint density at radius 1 is 1.39 bits per heavy atom. The van der Waals surface area contributed by atoms with Gasteiger partial charge in [0.1, 0.15) is 17.2 Å². The first kappa shape index (κ1) is 15.2. The highest BCUT2D eigenvalue weighted by atomic mass is 32.2. The molecule has 2 heterocycles. The van der Waals surface area contributed by atoms with E-state index in [2.05, 4.69) is 25.1 Å². The van der Waals surface area contributed by atoms with Crippen LogP contribution in [0, 0.1) is 5.82 Å². The number of pyridine rings is 1. The zero-order valence-corrected chi connectivity index (χ0v) is 12.9. The minimum absolute atomic E-state index is 0.294. The van der Waals surface area contributed by atoms with Crippen LogP contribution in [0.4, 0.5) is 10.2 Å². The van der Waals surface area contributed by atoms with E-state index in [4.69, 9.17) is 5.73 Å². The third-order valence-corrected chi connectivity index (χ3v) is 4.20. The molecule has 7 nitrogen and oxygen atoms in total. The Morgan fingerprint density at radius 3 is 3.00 bits per heavy atom. The minimum Gasteiger partial charge on any atom is -0.465 e. The number of nitrogens with zero attached hydrogens (tertiary/aromatic N) is 3. The molecule has 9 heteroatoms. The number of nitrogens with two attached hydrogens (primary N) is 1. The summed E-state index contributed by atoms with van der Waals surface area (Å²) in [7, 11) is 1.28. The smallest absolute Gasteiger partial charge is 0.337 e. The van der Waals surface area contributed by atoms with Crippen LogP contribution in [0.1, 0.15) is 15.9 Å². The first-order valence-electron chi connectivity index (χ1n) is 6.55. The second kappa shape index (κ2) is 6.21. The van der Waals surface area contributed by atoms with Gasteiger partial charge in [-0.3, -0.25) is 0 Å². The molecule has 0 atom stereocenters. The number of aromatic nitrogens is 4. The quantitative estimate of drug-likeness (QED) is 0.556. The van der Waals surface area contributed by atoms with Gasteiger partial charge in [-0.05, 0) is 29.8 Å². The lowest BCUT2D eigenvalue weighted by Gasteiger charge is -2.06. The Morgan fingerprint density at radius 2 is 2.22 bits per heavy atom. The van der Waals surface area contributed by atoms with Gasteiger partial charge < -0.3 is 10.5 Å². The Balaban J connectivity index is 1.87. The summed E-state index contributed by atoms with van der Waals surface area (Å²) in [6, 6.07) is 5.75. The first-order chi connectivity index (χ1) is 11.1. The van der Waals surface area contributed by atoms with Gasteiger partial charge in [0.05, 0.1) is 12.7 Å². The number of rotatable bonds is 4. The number of nitrogen functional groups attached to an aromatic ring is 1. The molecule has 0 amide bonds. The number of ether oxygens (including phenoxy) is 1. The number of methoxy groups -OCH3 is 1. The minimum atomic E-state index is -0.511. The number of aromatic amines is 1. The van der Waals surface area contributed by atoms with Crippen molar-refractivity contribution in [1.29, 1.82) is 0 Å². The van der Waals surface area contributed by atoms with Crippen molar-refractivity contribution in [2.24, 2.45) is 0 Å². The van der Waals surface area contributed by atoms with Crippen LogP contribution < -0.4 is 5.73 Å². The van der Waals surface area contributed by atoms with Crippen LogP contribution in [0.3, 0.4) is 0 Å². The van der Waals surface area contributed by atoms with E-state index in [1.54, 1.807) is 6.07 Å². The van der Waals surface area contributed by atoms with E-state index in [-0.39, 0.29) is 0 Å². The lowest BCUT2D eigenvalue weighted by molar-refractivity contribution is 0.0600. The van der Waals surface area contributed by atoms with Crippen LogP contribution in [0.5, 0.6) is 0 Å². The molecule has 0 radical (unpaired) electrons. The fraction of sp³-hybridized carbons (Fsp3) is 0.143. The Bertz CT molecular complexity index is 883. The van der Waals surface area contributed by atoms with Gasteiger partial charge in [-0.2, -0.15) is 10.3 Å². The molecule has 3 rings (SSSR count). The van der Waals surface area contributed by atoms with Crippen molar-refractivity contribution in [3.63, 3.8) is 0 Å². The van der Waals surface area contributed by atoms with Gasteiger partial charge in [-0.15, -0.1) is 16.9 Å². The maximum atomic E-state index is 13.9. The van der Waals surface area contributed by atoms with Gasteiger partial charge >= 0.3 is 5.97 Å². The molecule has 118 valence electrons. The van der Waals surface area contributed by atoms with Crippen molar-refractivity contribution in [3.8, 4) is 0 Å². The van der Waals surface area contributed by atoms with Gasteiger partial charge in [-0.25, -0.2) is 14.2 Å². The zero-order chi connectivity index (χ0) is 16.4. The van der Waals surface area contributed by atoms with Crippen LogP contribution in [-0.4, -0.2) is 33.5 Å². The third kappa shape index (κ3) is 3.09. The molecule has 0 saturated carbocycles. The topological polar surface area (TPSA) is 107 Å². The molecular formula is C14H12FN5O2S. The molecule has 2 aromatic heterocycles. The van der Waals surface area contributed by atoms with E-state index in [0.29, 0.717) is 33.9 Å². The van der Waals surface area contributed by atoms with Crippen LogP contribution in [-0.2, 0) is 10.5 Å². The van der Waals surface area contributed by atoms with Crippen molar-refractivity contribution in [1.82, 2.24) is 20.4 Å². The number of halogens is 1. The number of esters is 1. The number of H-pyrrole nitrogens is 1. The molecule has 0 saturated heterocycles. The number of thioether (sulfide) groups is 1. The van der Waals surface area contributed by atoms with Gasteiger partial charge in [0.15, 0.2) is 0 Å². The summed E-state index contributed by atoms with van der Waals surface area (Å²) in [5.74, 6) is -0.313. The largest absolute Gasteiger partial charge is 0.465 e. The zero-order valence-electron chi connectivity index (χ0n) is 12.0. The number of hydrogen-bond donors (Lipinski definition) is 2. The highest BCUT2D eigenvalue weighted by Gasteiger charge is 2.13. The Labute approximate surface area is 134 Å². The SMILES string of the molecule is COC(=O)c1ccc(F)c(CSc2cc(N)nc3n[nH]nc23)c1. The van der Waals surface area contributed by atoms with E-state index in [1.807, 2.05) is 0 Å². The predicted octanol–water partition coefficient (Wildman–Crippen LogP) is 2.15. The van der Waals surface area contributed by atoms with Gasteiger partial charge in [0, 0.05) is 10.6 Å². The molecule has 3 N–H and O–H groups in total. The first-order valence-corrected chi connectivity index (χ1v) is 7.53. The van der Waals surface area contributed by atoms with E-state index >= 15 is 0 Å². The maximum Gasteiger partial charge on any atom is 0.337 e. The highest BCUT2D eigenvalue weighted by molar-refractivity contribution is 7.98. The summed E-state index contributed by atoms with van der Waals surface area (Å²) in [5, 5.41) is 10.4. The van der Waals surface area contributed by atoms with E-state index in [9.17, 15) is 9.18 Å². The molecule has 0 unspecified atom stereocenters. The summed E-state index contributed by atoms with van der Waals surface area (Å²) in [6.07, 6.45) is 0. The second-order valence-corrected chi connectivity index (χ2v) is 5.64. The Kier molecular flexibility index (Phi) is 4.11. The van der Waals surface area contributed by atoms with Crippen LogP contribution in [0.15, 0.2) is 29.2 Å². The van der Waals surface area contributed by atoms with Crippen molar-refractivity contribution in [2.75, 3.05) is 12.8 Å². The monoisotopic (exact) mass is 333 g/mol. The molecule has 1 aromatic carbocycles. The Hall–Kier alpha value is -2.68. The van der Waals surface area contributed by atoms with Crippen LogP contribution >= 0.6 is 11.8 Å². The molecule has 0 aliphatic heterocycles.